The molecule has 3 N–H and O–H groups in total. The molecule has 148 valence electrons. The number of rotatable bonds is 9. The fourth-order valence-electron chi connectivity index (χ4n) is 3.27. The van der Waals surface area contributed by atoms with E-state index in [0.717, 1.165) is 5.56 Å². The summed E-state index contributed by atoms with van der Waals surface area (Å²) in [7, 11) is 0. The number of aliphatic hydroxyl groups is 3. The number of hydrogen-bond acceptors (Lipinski definition) is 8. The Labute approximate surface area is 162 Å². The van der Waals surface area contributed by atoms with Gasteiger partial charge in [0.05, 0.1) is 19.8 Å². The Morgan fingerprint density at radius 2 is 1.36 bits per heavy atom. The minimum absolute atomic E-state index is 0.0201. The number of hydrogen-bond donors (Lipinski definition) is 3. The highest BCUT2D eigenvalue weighted by Crippen LogP contribution is 2.39. The maximum atomic E-state index is 11.2. The van der Waals surface area contributed by atoms with Crippen molar-refractivity contribution in [1.29, 1.82) is 0 Å². The lowest BCUT2D eigenvalue weighted by Gasteiger charge is -2.29. The van der Waals surface area contributed by atoms with Gasteiger partial charge in [-0.2, -0.15) is 4.91 Å². The molecular weight excluding hydrogens is 362 g/mol. The van der Waals surface area contributed by atoms with Gasteiger partial charge < -0.3 is 15.3 Å². The fourth-order valence-corrected chi connectivity index (χ4v) is 3.27. The van der Waals surface area contributed by atoms with Crippen molar-refractivity contribution in [3.63, 3.8) is 0 Å². The largest absolute Gasteiger partial charge is 0.392 e. The molecule has 0 aromatic heterocycles. The van der Waals surface area contributed by atoms with Crippen molar-refractivity contribution in [2.75, 3.05) is 0 Å². The monoisotopic (exact) mass is 385 g/mol. The van der Waals surface area contributed by atoms with Crippen LogP contribution in [-0.2, 0) is 31.9 Å². The van der Waals surface area contributed by atoms with E-state index in [9.17, 15) is 25.1 Å². The lowest BCUT2D eigenvalue weighted by atomic mass is 9.81. The van der Waals surface area contributed by atoms with Gasteiger partial charge in [0.2, 0.25) is 0 Å². The molecule has 0 radical (unpaired) electrons. The van der Waals surface area contributed by atoms with Gasteiger partial charge in [0.25, 0.3) is 0 Å². The predicted octanol–water partition coefficient (Wildman–Crippen LogP) is 3.10. The molecule has 0 aliphatic rings. The van der Waals surface area contributed by atoms with Crippen molar-refractivity contribution in [3.8, 4) is 0 Å². The molecule has 8 heteroatoms. The molecule has 1 atom stereocenters. The minimum Gasteiger partial charge on any atom is -0.392 e. The summed E-state index contributed by atoms with van der Waals surface area (Å²) in [5, 5.41) is 34.8. The Morgan fingerprint density at radius 1 is 0.893 bits per heavy atom. The summed E-state index contributed by atoms with van der Waals surface area (Å²) in [5.74, 6) is 0. The first-order valence-corrected chi connectivity index (χ1v) is 8.62. The van der Waals surface area contributed by atoms with Gasteiger partial charge in [-0.25, -0.2) is 0 Å². The van der Waals surface area contributed by atoms with E-state index in [4.69, 9.17) is 0 Å². The molecule has 0 aliphatic carbocycles. The number of nitroso groups, excluding NO2 is 2. The number of aliphatic hydroxyl groups excluding tert-OH is 3. The van der Waals surface area contributed by atoms with Crippen LogP contribution in [-0.4, -0.2) is 22.0 Å². The second kappa shape index (κ2) is 8.92. The van der Waals surface area contributed by atoms with E-state index < -0.39 is 12.1 Å². The molecule has 0 aliphatic heterocycles. The van der Waals surface area contributed by atoms with Crippen molar-refractivity contribution in [1.82, 2.24) is 0 Å². The first-order chi connectivity index (χ1) is 13.4. The predicted molar refractivity (Wildman–Crippen MR) is 106 cm³/mol. The summed E-state index contributed by atoms with van der Waals surface area (Å²) in [4.78, 5) is 26.3. The van der Waals surface area contributed by atoms with E-state index in [1.54, 1.807) is 31.2 Å². The van der Waals surface area contributed by atoms with Crippen LogP contribution in [0.15, 0.2) is 39.6 Å². The van der Waals surface area contributed by atoms with E-state index in [1.165, 1.54) is 0 Å². The van der Waals surface area contributed by atoms with Crippen LogP contribution in [0.1, 0.15) is 45.9 Å². The third-order valence-electron chi connectivity index (χ3n) is 5.17. The SMILES string of the molecule is C=N[C@@](C)(c1cc(CO)c(C)c(CO)c1)c1cc(CO)c(N=O)c(CN=O)c1. The molecule has 0 spiro atoms. The van der Waals surface area contributed by atoms with Crippen molar-refractivity contribution < 1.29 is 15.3 Å². The van der Waals surface area contributed by atoms with Crippen molar-refractivity contribution in [3.05, 3.63) is 73.0 Å². The zero-order chi connectivity index (χ0) is 20.9. The number of nitrogens with zero attached hydrogens (tertiary/aromatic N) is 3. The molecular formula is C20H23N3O5. The van der Waals surface area contributed by atoms with Crippen molar-refractivity contribution in [2.45, 2.75) is 45.8 Å². The van der Waals surface area contributed by atoms with Crippen LogP contribution >= 0.6 is 0 Å². The van der Waals surface area contributed by atoms with Crippen LogP contribution in [0.3, 0.4) is 0 Å². The minimum atomic E-state index is -1.04. The van der Waals surface area contributed by atoms with Gasteiger partial charge in [-0.1, -0.05) is 17.3 Å². The summed E-state index contributed by atoms with van der Waals surface area (Å²) in [5.41, 5.74) is 2.74. The highest BCUT2D eigenvalue weighted by atomic mass is 16.3. The summed E-state index contributed by atoms with van der Waals surface area (Å²) >= 11 is 0. The van der Waals surface area contributed by atoms with Crippen LogP contribution in [0, 0.1) is 16.7 Å². The van der Waals surface area contributed by atoms with Crippen LogP contribution in [0.25, 0.3) is 0 Å². The first-order valence-electron chi connectivity index (χ1n) is 8.62. The van der Waals surface area contributed by atoms with Gasteiger partial charge in [0.1, 0.15) is 17.8 Å². The van der Waals surface area contributed by atoms with E-state index >= 15 is 0 Å². The molecule has 0 saturated carbocycles. The van der Waals surface area contributed by atoms with Gasteiger partial charge in [-0.3, -0.25) is 4.99 Å². The quantitative estimate of drug-likeness (QED) is 0.451. The molecule has 2 aromatic carbocycles. The molecule has 0 heterocycles. The lowest BCUT2D eigenvalue weighted by molar-refractivity contribution is 0.273. The van der Waals surface area contributed by atoms with Crippen molar-refractivity contribution >= 4 is 12.4 Å². The molecule has 0 bridgehead atoms. The van der Waals surface area contributed by atoms with Gasteiger partial charge in [0.15, 0.2) is 0 Å². The molecule has 0 amide bonds. The van der Waals surface area contributed by atoms with Gasteiger partial charge in [-0.15, -0.1) is 4.91 Å². The van der Waals surface area contributed by atoms with E-state index in [0.29, 0.717) is 22.3 Å². The molecule has 28 heavy (non-hydrogen) atoms. The van der Waals surface area contributed by atoms with E-state index in [2.05, 4.69) is 22.1 Å². The highest BCUT2D eigenvalue weighted by molar-refractivity contribution is 5.58. The van der Waals surface area contributed by atoms with Crippen LogP contribution in [0.4, 0.5) is 5.69 Å². The molecule has 2 aromatic rings. The Bertz CT molecular complexity index is 888. The molecule has 0 unspecified atom stereocenters. The highest BCUT2D eigenvalue weighted by Gasteiger charge is 2.30. The zero-order valence-corrected chi connectivity index (χ0v) is 15.8. The van der Waals surface area contributed by atoms with Crippen molar-refractivity contribution in [2.24, 2.45) is 15.3 Å². The second-order valence-electron chi connectivity index (χ2n) is 6.65. The lowest BCUT2D eigenvalue weighted by Crippen LogP contribution is -2.22. The van der Waals surface area contributed by atoms with E-state index in [1.807, 2.05) is 6.92 Å². The Kier molecular flexibility index (Phi) is 6.85. The Morgan fingerprint density at radius 3 is 1.75 bits per heavy atom. The summed E-state index contributed by atoms with van der Waals surface area (Å²) in [6.45, 7) is 6.10. The normalized spacial score (nSPS) is 13.0. The maximum absolute atomic E-state index is 11.2. The van der Waals surface area contributed by atoms with E-state index in [-0.39, 0.29) is 36.6 Å². The average molecular weight is 385 g/mol. The summed E-state index contributed by atoms with van der Waals surface area (Å²) in [6.07, 6.45) is 0. The molecule has 0 saturated heterocycles. The van der Waals surface area contributed by atoms with Crippen LogP contribution in [0.5, 0.6) is 0 Å². The number of aliphatic imine (C=N–C) groups is 1. The first kappa shape index (κ1) is 21.5. The maximum Gasteiger partial charge on any atom is 0.118 e. The topological polar surface area (TPSA) is 132 Å². The zero-order valence-electron chi connectivity index (χ0n) is 15.8. The third kappa shape index (κ3) is 3.75. The summed E-state index contributed by atoms with van der Waals surface area (Å²) in [6, 6.07) is 6.70. The van der Waals surface area contributed by atoms with Gasteiger partial charge in [-0.05, 0) is 65.7 Å². The van der Waals surface area contributed by atoms with Crippen LogP contribution < -0.4 is 0 Å². The second-order valence-corrected chi connectivity index (χ2v) is 6.65. The Balaban J connectivity index is 2.79. The number of benzene rings is 2. The summed E-state index contributed by atoms with van der Waals surface area (Å²) < 4.78 is 0. The molecule has 2 rings (SSSR count). The molecule has 0 fully saturated rings. The Hall–Kier alpha value is -2.81. The van der Waals surface area contributed by atoms with Gasteiger partial charge in [0, 0.05) is 11.1 Å². The third-order valence-corrected chi connectivity index (χ3v) is 5.17. The fraction of sp³-hybridized carbons (Fsp3) is 0.350. The standard InChI is InChI=1S/C20H23N3O5/c1-12-14(9-24)5-18(6-15(12)10-25)20(2,21-3)17-4-13(8-22-27)19(23-28)16(7-17)11-26/h4-7,24-26H,3,8-11H2,1-2H3/t20-/m1/s1. The smallest absolute Gasteiger partial charge is 0.118 e. The van der Waals surface area contributed by atoms with Crippen LogP contribution in [0.2, 0.25) is 0 Å². The van der Waals surface area contributed by atoms with Gasteiger partial charge >= 0.3 is 0 Å². The average Bonchev–Trinajstić information content (AvgIpc) is 2.72. The molecule has 8 nitrogen and oxygen atoms in total.